The molecule has 0 aliphatic rings. The third kappa shape index (κ3) is 5.26. The minimum atomic E-state index is -3.47. The fraction of sp³-hybridized carbons (Fsp3) is 0.294. The molecule has 0 radical (unpaired) electrons. The number of benzene rings is 2. The Hall–Kier alpha value is -1.69. The molecule has 0 saturated carbocycles. The van der Waals surface area contributed by atoms with E-state index in [1.165, 1.54) is 5.56 Å². The molecule has 0 aliphatic heterocycles. The number of hydrogen-bond donors (Lipinski definition) is 2. The summed E-state index contributed by atoms with van der Waals surface area (Å²) in [6, 6.07) is 18.1. The predicted octanol–water partition coefficient (Wildman–Crippen LogP) is 2.72. The van der Waals surface area contributed by atoms with Crippen molar-refractivity contribution in [2.45, 2.75) is 31.7 Å². The molecule has 118 valence electrons. The lowest BCUT2D eigenvalue weighted by atomic mass is 10.0. The summed E-state index contributed by atoms with van der Waals surface area (Å²) in [4.78, 5) is 0. The van der Waals surface area contributed by atoms with Gasteiger partial charge in [0.25, 0.3) is 0 Å². The minimum Gasteiger partial charge on any atom is -0.306 e. The molecule has 1 atom stereocenters. The van der Waals surface area contributed by atoms with Crippen LogP contribution < -0.4 is 10.5 Å². The van der Waals surface area contributed by atoms with Crippen LogP contribution in [0.1, 0.15) is 36.1 Å². The molecule has 0 spiro atoms. The van der Waals surface area contributed by atoms with Crippen LogP contribution in [0.5, 0.6) is 0 Å². The van der Waals surface area contributed by atoms with Crippen LogP contribution in [-0.2, 0) is 22.3 Å². The van der Waals surface area contributed by atoms with Crippen molar-refractivity contribution in [1.29, 1.82) is 0 Å². The molecule has 2 rings (SSSR count). The molecule has 5 heteroatoms. The summed E-state index contributed by atoms with van der Waals surface area (Å²) in [6.07, 6.45) is 1.01. The van der Waals surface area contributed by atoms with E-state index >= 15 is 0 Å². The molecule has 0 aromatic heterocycles. The smallest absolute Gasteiger partial charge is 0.213 e. The van der Waals surface area contributed by atoms with Gasteiger partial charge >= 0.3 is 0 Å². The second-order valence-electron chi connectivity index (χ2n) is 5.38. The summed E-state index contributed by atoms with van der Waals surface area (Å²) in [7, 11) is -3.47. The van der Waals surface area contributed by atoms with Gasteiger partial charge in [0.15, 0.2) is 0 Å². The standard InChI is InChI=1S/C17H22N2O2S/c1-2-17(16-6-4-3-5-7-16)19-12-14-8-10-15(11-9-14)13-22(18,20)21/h3-11,17,19H,2,12-13H2,1H3,(H2,18,20,21)/t17-/m0/s1. The summed E-state index contributed by atoms with van der Waals surface area (Å²) in [5.41, 5.74) is 3.10. The number of hydrogen-bond acceptors (Lipinski definition) is 3. The SMILES string of the molecule is CC[C@H](NCc1ccc(CS(N)(=O)=O)cc1)c1ccccc1. The Morgan fingerprint density at radius 3 is 2.14 bits per heavy atom. The number of nitrogens with one attached hydrogen (secondary N) is 1. The van der Waals surface area contributed by atoms with Crippen molar-refractivity contribution in [2.24, 2.45) is 5.14 Å². The molecule has 0 aliphatic carbocycles. The fourth-order valence-corrected chi connectivity index (χ4v) is 3.07. The number of primary sulfonamides is 1. The van der Waals surface area contributed by atoms with Gasteiger partial charge in [-0.15, -0.1) is 0 Å². The van der Waals surface area contributed by atoms with Gasteiger partial charge in [0.1, 0.15) is 0 Å². The Morgan fingerprint density at radius 2 is 1.59 bits per heavy atom. The van der Waals surface area contributed by atoms with E-state index < -0.39 is 10.0 Å². The summed E-state index contributed by atoms with van der Waals surface area (Å²) >= 11 is 0. The van der Waals surface area contributed by atoms with E-state index in [2.05, 4.69) is 24.4 Å². The minimum absolute atomic E-state index is 0.123. The van der Waals surface area contributed by atoms with Crippen LogP contribution >= 0.6 is 0 Å². The van der Waals surface area contributed by atoms with E-state index in [4.69, 9.17) is 5.14 Å². The predicted molar refractivity (Wildman–Crippen MR) is 89.6 cm³/mol. The van der Waals surface area contributed by atoms with Gasteiger partial charge in [-0.25, -0.2) is 13.6 Å². The van der Waals surface area contributed by atoms with Crippen molar-refractivity contribution in [3.63, 3.8) is 0 Å². The van der Waals surface area contributed by atoms with Gasteiger partial charge in [-0.05, 0) is 23.1 Å². The Balaban J connectivity index is 1.96. The molecule has 2 aromatic rings. The van der Waals surface area contributed by atoms with Gasteiger partial charge in [0.2, 0.25) is 10.0 Å². The molecular weight excluding hydrogens is 296 g/mol. The van der Waals surface area contributed by atoms with Crippen molar-refractivity contribution in [1.82, 2.24) is 5.32 Å². The van der Waals surface area contributed by atoms with Crippen molar-refractivity contribution in [3.05, 3.63) is 71.3 Å². The first-order chi connectivity index (χ1) is 10.5. The molecule has 0 saturated heterocycles. The monoisotopic (exact) mass is 318 g/mol. The molecule has 3 N–H and O–H groups in total. The molecule has 0 bridgehead atoms. The van der Waals surface area contributed by atoms with Crippen LogP contribution in [0.4, 0.5) is 0 Å². The number of rotatable bonds is 7. The average molecular weight is 318 g/mol. The van der Waals surface area contributed by atoms with Gasteiger partial charge in [0, 0.05) is 12.6 Å². The maximum atomic E-state index is 11.1. The van der Waals surface area contributed by atoms with Crippen molar-refractivity contribution in [3.8, 4) is 0 Å². The largest absolute Gasteiger partial charge is 0.306 e. The second kappa shape index (κ2) is 7.54. The van der Waals surface area contributed by atoms with Crippen LogP contribution in [0.15, 0.2) is 54.6 Å². The van der Waals surface area contributed by atoms with Crippen LogP contribution in [0.3, 0.4) is 0 Å². The third-order valence-corrected chi connectivity index (χ3v) is 4.29. The summed E-state index contributed by atoms with van der Waals surface area (Å²) in [5.74, 6) is -0.123. The highest BCUT2D eigenvalue weighted by Gasteiger charge is 2.08. The number of sulfonamides is 1. The highest BCUT2D eigenvalue weighted by Crippen LogP contribution is 2.17. The molecule has 22 heavy (non-hydrogen) atoms. The van der Waals surface area contributed by atoms with Crippen LogP contribution in [0.25, 0.3) is 0 Å². The molecule has 2 aromatic carbocycles. The van der Waals surface area contributed by atoms with Gasteiger partial charge in [0.05, 0.1) is 5.75 Å². The first-order valence-corrected chi connectivity index (χ1v) is 9.06. The van der Waals surface area contributed by atoms with Crippen LogP contribution in [0, 0.1) is 0 Å². The Labute approximate surface area is 132 Å². The Bertz CT molecular complexity index is 682. The maximum Gasteiger partial charge on any atom is 0.213 e. The average Bonchev–Trinajstić information content (AvgIpc) is 2.49. The fourth-order valence-electron chi connectivity index (χ4n) is 2.41. The first-order valence-electron chi connectivity index (χ1n) is 7.34. The van der Waals surface area contributed by atoms with E-state index in [-0.39, 0.29) is 5.75 Å². The van der Waals surface area contributed by atoms with Gasteiger partial charge < -0.3 is 5.32 Å². The lowest BCUT2D eigenvalue weighted by Gasteiger charge is -2.17. The van der Waals surface area contributed by atoms with Crippen molar-refractivity contribution in [2.75, 3.05) is 0 Å². The van der Waals surface area contributed by atoms with E-state index in [0.29, 0.717) is 11.6 Å². The van der Waals surface area contributed by atoms with Crippen LogP contribution in [-0.4, -0.2) is 8.42 Å². The van der Waals surface area contributed by atoms with Gasteiger partial charge in [-0.1, -0.05) is 61.5 Å². The maximum absolute atomic E-state index is 11.1. The zero-order valence-corrected chi connectivity index (χ0v) is 13.5. The lowest BCUT2D eigenvalue weighted by molar-refractivity contribution is 0.519. The summed E-state index contributed by atoms with van der Waals surface area (Å²) < 4.78 is 22.1. The molecule has 0 heterocycles. The molecule has 0 amide bonds. The first kappa shape index (κ1) is 16.7. The van der Waals surface area contributed by atoms with Gasteiger partial charge in [-0.2, -0.15) is 0 Å². The Morgan fingerprint density at radius 1 is 1.00 bits per heavy atom. The highest BCUT2D eigenvalue weighted by atomic mass is 32.2. The van der Waals surface area contributed by atoms with Crippen molar-refractivity contribution < 1.29 is 8.42 Å². The Kier molecular flexibility index (Phi) is 5.71. The molecule has 0 unspecified atom stereocenters. The normalized spacial score (nSPS) is 13.0. The molecule has 4 nitrogen and oxygen atoms in total. The molecule has 0 fully saturated rings. The van der Waals surface area contributed by atoms with Gasteiger partial charge in [-0.3, -0.25) is 0 Å². The number of nitrogens with two attached hydrogens (primary N) is 1. The summed E-state index contributed by atoms with van der Waals surface area (Å²) in [5, 5.41) is 8.57. The van der Waals surface area contributed by atoms with E-state index in [1.807, 2.05) is 42.5 Å². The topological polar surface area (TPSA) is 72.2 Å². The van der Waals surface area contributed by atoms with Crippen LogP contribution in [0.2, 0.25) is 0 Å². The third-order valence-electron chi connectivity index (χ3n) is 3.55. The quantitative estimate of drug-likeness (QED) is 0.824. The van der Waals surface area contributed by atoms with E-state index in [0.717, 1.165) is 18.5 Å². The van der Waals surface area contributed by atoms with Crippen molar-refractivity contribution >= 4 is 10.0 Å². The second-order valence-corrected chi connectivity index (χ2v) is 6.99. The summed E-state index contributed by atoms with van der Waals surface area (Å²) in [6.45, 7) is 2.89. The van der Waals surface area contributed by atoms with E-state index in [9.17, 15) is 8.42 Å². The zero-order chi connectivity index (χ0) is 16.0. The highest BCUT2D eigenvalue weighted by molar-refractivity contribution is 7.88. The zero-order valence-electron chi connectivity index (χ0n) is 12.7. The lowest BCUT2D eigenvalue weighted by Crippen LogP contribution is -2.20. The molecular formula is C17H22N2O2S. The van der Waals surface area contributed by atoms with E-state index in [1.54, 1.807) is 0 Å².